The van der Waals surface area contributed by atoms with Gasteiger partial charge in [-0.1, -0.05) is 17.7 Å². The lowest BCUT2D eigenvalue weighted by Crippen LogP contribution is -2.36. The van der Waals surface area contributed by atoms with E-state index in [1.54, 1.807) is 25.3 Å². The third-order valence-corrected chi connectivity index (χ3v) is 6.69. The largest absolute Gasteiger partial charge is 0.495 e. The number of methoxy groups -OCH3 is 1. The predicted molar refractivity (Wildman–Crippen MR) is 135 cm³/mol. The molecular formula is C25H28ClN5O4. The molecule has 184 valence electrons. The van der Waals surface area contributed by atoms with Gasteiger partial charge < -0.3 is 35.1 Å². The number of hydrogen-bond acceptors (Lipinski definition) is 7. The summed E-state index contributed by atoms with van der Waals surface area (Å²) >= 11 is 6.19. The van der Waals surface area contributed by atoms with Crippen LogP contribution in [-0.4, -0.2) is 67.5 Å². The Morgan fingerprint density at radius 2 is 2.09 bits per heavy atom. The number of carbonyl (C=O) groups is 1. The number of ether oxygens (including phenoxy) is 2. The highest BCUT2D eigenvalue weighted by Gasteiger charge is 2.28. The van der Waals surface area contributed by atoms with E-state index in [0.717, 1.165) is 35.4 Å². The van der Waals surface area contributed by atoms with Crippen molar-refractivity contribution in [3.8, 4) is 5.75 Å². The number of hydrogen-bond donors (Lipinski definition) is 4. The van der Waals surface area contributed by atoms with E-state index in [4.69, 9.17) is 26.1 Å². The summed E-state index contributed by atoms with van der Waals surface area (Å²) in [5.41, 5.74) is 5.63. The molecule has 4 N–H and O–H groups in total. The van der Waals surface area contributed by atoms with Crippen LogP contribution in [0.5, 0.6) is 5.75 Å². The zero-order chi connectivity index (χ0) is 24.5. The maximum absolute atomic E-state index is 12.7. The van der Waals surface area contributed by atoms with Crippen LogP contribution in [0.2, 0.25) is 5.02 Å². The number of imidazole rings is 1. The molecular weight excluding hydrogens is 470 g/mol. The van der Waals surface area contributed by atoms with Gasteiger partial charge in [0.1, 0.15) is 17.1 Å². The number of benzene rings is 2. The fourth-order valence-corrected chi connectivity index (χ4v) is 4.77. The Morgan fingerprint density at radius 3 is 2.83 bits per heavy atom. The Labute approximate surface area is 208 Å². The minimum Gasteiger partial charge on any atom is -0.495 e. The Kier molecular flexibility index (Phi) is 6.55. The summed E-state index contributed by atoms with van der Waals surface area (Å²) in [6.07, 6.45) is -0.822. The lowest BCUT2D eigenvalue weighted by molar-refractivity contribution is -0.114. The molecule has 1 saturated heterocycles. The first-order valence-electron chi connectivity index (χ1n) is 11.5. The molecule has 0 radical (unpaired) electrons. The average molecular weight is 498 g/mol. The van der Waals surface area contributed by atoms with Crippen LogP contribution in [0.1, 0.15) is 23.1 Å². The number of carbonyl (C=O) groups excluding carboxylic acids is 1. The number of rotatable bonds is 7. The third-order valence-electron chi connectivity index (χ3n) is 6.40. The zero-order valence-electron chi connectivity index (χ0n) is 19.7. The van der Waals surface area contributed by atoms with Gasteiger partial charge in [0.2, 0.25) is 0 Å². The summed E-state index contributed by atoms with van der Waals surface area (Å²) < 4.78 is 10.6. The Hall–Kier alpha value is -3.27. The number of morpholine rings is 1. The van der Waals surface area contributed by atoms with Crippen molar-refractivity contribution in [1.29, 1.82) is 0 Å². The molecule has 2 aliphatic rings. The standard InChI is InChI=1S/C25H28ClN5O4/c1-14-9-16(31-5-7-35-8-6-31)11-18-23(14)30-24(29-18)22-19(12-28-25(22)33)27-13-20(32)15-3-4-21(34-2)17(26)10-15/h3-4,9-11,20,27,32H,5-8,12-13H2,1-2H3,(H,28,33)(H,29,30). The quantitative estimate of drug-likeness (QED) is 0.397. The van der Waals surface area contributed by atoms with Crippen LogP contribution in [0.4, 0.5) is 5.69 Å². The number of aromatic nitrogens is 2. The summed E-state index contributed by atoms with van der Waals surface area (Å²) in [5.74, 6) is 0.837. The smallest absolute Gasteiger partial charge is 0.257 e. The van der Waals surface area contributed by atoms with E-state index in [1.807, 2.05) is 6.92 Å². The summed E-state index contributed by atoms with van der Waals surface area (Å²) in [5, 5.41) is 17.2. The van der Waals surface area contributed by atoms with E-state index in [9.17, 15) is 9.90 Å². The SMILES string of the molecule is COc1ccc(C(O)CNC2=C(c3nc4c(C)cc(N5CCOCC5)cc4[nH]3)C(=O)NC2)cc1Cl. The fraction of sp³-hybridized carbons (Fsp3) is 0.360. The van der Waals surface area contributed by atoms with Crippen molar-refractivity contribution in [2.75, 3.05) is 51.4 Å². The van der Waals surface area contributed by atoms with Gasteiger partial charge in [-0.05, 0) is 42.3 Å². The first-order chi connectivity index (χ1) is 16.9. The lowest BCUT2D eigenvalue weighted by Gasteiger charge is -2.29. The highest BCUT2D eigenvalue weighted by molar-refractivity contribution is 6.32. The number of anilines is 1. The number of nitrogens with zero attached hydrogens (tertiary/aromatic N) is 2. The molecule has 3 heterocycles. The molecule has 2 aliphatic heterocycles. The molecule has 0 spiro atoms. The van der Waals surface area contributed by atoms with Crippen LogP contribution in [0.25, 0.3) is 16.6 Å². The van der Waals surface area contributed by atoms with Crippen molar-refractivity contribution in [2.24, 2.45) is 0 Å². The molecule has 1 unspecified atom stereocenters. The van der Waals surface area contributed by atoms with Gasteiger partial charge in [-0.25, -0.2) is 4.98 Å². The van der Waals surface area contributed by atoms with E-state index >= 15 is 0 Å². The van der Waals surface area contributed by atoms with E-state index in [1.165, 1.54) is 0 Å². The highest BCUT2D eigenvalue weighted by Crippen LogP contribution is 2.30. The van der Waals surface area contributed by atoms with Crippen LogP contribution in [0.15, 0.2) is 36.0 Å². The molecule has 0 saturated carbocycles. The second kappa shape index (κ2) is 9.77. The van der Waals surface area contributed by atoms with Gasteiger partial charge in [-0.3, -0.25) is 4.79 Å². The van der Waals surface area contributed by atoms with Crippen molar-refractivity contribution in [1.82, 2.24) is 20.6 Å². The minimum absolute atomic E-state index is 0.205. The molecule has 1 aromatic heterocycles. The van der Waals surface area contributed by atoms with Crippen LogP contribution < -0.4 is 20.3 Å². The molecule has 1 amide bonds. The van der Waals surface area contributed by atoms with Crippen LogP contribution in [0, 0.1) is 6.92 Å². The molecule has 3 aromatic rings. The lowest BCUT2D eigenvalue weighted by atomic mass is 10.1. The summed E-state index contributed by atoms with van der Waals surface area (Å²) in [6.45, 7) is 5.67. The van der Waals surface area contributed by atoms with Crippen molar-refractivity contribution in [3.63, 3.8) is 0 Å². The van der Waals surface area contributed by atoms with E-state index in [-0.39, 0.29) is 12.5 Å². The number of halogens is 1. The second-order valence-electron chi connectivity index (χ2n) is 8.67. The summed E-state index contributed by atoms with van der Waals surface area (Å²) in [7, 11) is 1.54. The van der Waals surface area contributed by atoms with Crippen LogP contribution in [0.3, 0.4) is 0 Å². The first-order valence-corrected chi connectivity index (χ1v) is 11.9. The maximum atomic E-state index is 12.7. The predicted octanol–water partition coefficient (Wildman–Crippen LogP) is 2.53. The van der Waals surface area contributed by atoms with Gasteiger partial charge in [-0.2, -0.15) is 0 Å². The van der Waals surface area contributed by atoms with Crippen molar-refractivity contribution < 1.29 is 19.4 Å². The molecule has 1 fully saturated rings. The number of amides is 1. The van der Waals surface area contributed by atoms with Crippen molar-refractivity contribution >= 4 is 39.8 Å². The topological polar surface area (TPSA) is 112 Å². The number of fused-ring (bicyclic) bond motifs is 1. The molecule has 1 atom stereocenters. The van der Waals surface area contributed by atoms with Gasteiger partial charge in [0, 0.05) is 31.0 Å². The molecule has 9 nitrogen and oxygen atoms in total. The van der Waals surface area contributed by atoms with Gasteiger partial charge in [0.15, 0.2) is 0 Å². The molecule has 5 rings (SSSR count). The number of aliphatic hydroxyl groups excluding tert-OH is 1. The number of H-pyrrole nitrogens is 1. The molecule has 10 heteroatoms. The molecule has 35 heavy (non-hydrogen) atoms. The zero-order valence-corrected chi connectivity index (χ0v) is 20.4. The van der Waals surface area contributed by atoms with Gasteiger partial charge in [0.25, 0.3) is 5.91 Å². The Bertz CT molecular complexity index is 1300. The normalized spacial score (nSPS) is 17.1. The summed E-state index contributed by atoms with van der Waals surface area (Å²) in [4.78, 5) is 23.1. The fourth-order valence-electron chi connectivity index (χ4n) is 4.51. The number of nitrogens with one attached hydrogen (secondary N) is 3. The van der Waals surface area contributed by atoms with Crippen LogP contribution >= 0.6 is 11.6 Å². The van der Waals surface area contributed by atoms with Crippen molar-refractivity contribution in [2.45, 2.75) is 13.0 Å². The third kappa shape index (κ3) is 4.67. The number of aliphatic hydroxyl groups is 1. The number of aromatic amines is 1. The Balaban J connectivity index is 1.39. The highest BCUT2D eigenvalue weighted by atomic mass is 35.5. The van der Waals surface area contributed by atoms with E-state index < -0.39 is 6.10 Å². The maximum Gasteiger partial charge on any atom is 0.257 e. The van der Waals surface area contributed by atoms with Gasteiger partial charge in [-0.15, -0.1) is 0 Å². The summed E-state index contributed by atoms with van der Waals surface area (Å²) in [6, 6.07) is 9.35. The Morgan fingerprint density at radius 1 is 1.29 bits per heavy atom. The minimum atomic E-state index is -0.822. The second-order valence-corrected chi connectivity index (χ2v) is 9.08. The molecule has 0 bridgehead atoms. The number of aryl methyl sites for hydroxylation is 1. The molecule has 0 aliphatic carbocycles. The van der Waals surface area contributed by atoms with E-state index in [2.05, 4.69) is 32.7 Å². The van der Waals surface area contributed by atoms with Gasteiger partial charge >= 0.3 is 0 Å². The first kappa shape index (κ1) is 23.5. The van der Waals surface area contributed by atoms with Gasteiger partial charge in [0.05, 0.1) is 49.0 Å². The average Bonchev–Trinajstić information content (AvgIpc) is 3.46. The molecule has 2 aromatic carbocycles. The monoisotopic (exact) mass is 497 g/mol. The van der Waals surface area contributed by atoms with Crippen molar-refractivity contribution in [3.05, 3.63) is 58.0 Å². The van der Waals surface area contributed by atoms with Crippen LogP contribution in [-0.2, 0) is 9.53 Å². The van der Waals surface area contributed by atoms with E-state index in [0.29, 0.717) is 53.2 Å².